The smallest absolute Gasteiger partial charge is 0.191 e. The summed E-state index contributed by atoms with van der Waals surface area (Å²) in [5, 5.41) is 10.7. The molecule has 23 heavy (non-hydrogen) atoms. The highest BCUT2D eigenvalue weighted by molar-refractivity contribution is 7.98. The molecule has 3 nitrogen and oxygen atoms in total. The topological polar surface area (TPSA) is 30.7 Å². The van der Waals surface area contributed by atoms with Crippen molar-refractivity contribution in [2.75, 3.05) is 0 Å². The lowest BCUT2D eigenvalue weighted by molar-refractivity contribution is 0.793. The van der Waals surface area contributed by atoms with Gasteiger partial charge in [-0.25, -0.2) is 0 Å². The van der Waals surface area contributed by atoms with Gasteiger partial charge in [-0.15, -0.1) is 10.2 Å². The summed E-state index contributed by atoms with van der Waals surface area (Å²) in [6, 6.07) is 13.8. The van der Waals surface area contributed by atoms with Gasteiger partial charge >= 0.3 is 0 Å². The van der Waals surface area contributed by atoms with Gasteiger partial charge in [0.2, 0.25) is 0 Å². The maximum Gasteiger partial charge on any atom is 0.191 e. The Bertz CT molecular complexity index is 846. The van der Waals surface area contributed by atoms with Crippen LogP contribution in [0.15, 0.2) is 47.6 Å². The second-order valence-electron chi connectivity index (χ2n) is 5.22. The third-order valence-corrected chi connectivity index (χ3v) is 5.40. The van der Waals surface area contributed by atoms with Crippen LogP contribution in [0.2, 0.25) is 10.0 Å². The Labute approximate surface area is 149 Å². The molecule has 118 valence electrons. The maximum atomic E-state index is 6.05. The molecule has 0 saturated carbocycles. The molecular weight excluding hydrogens is 349 g/mol. The quantitative estimate of drug-likeness (QED) is 0.582. The first-order chi connectivity index (χ1) is 11.1. The third-order valence-electron chi connectivity index (χ3n) is 3.57. The predicted octanol–water partition coefficient (Wildman–Crippen LogP) is 5.39. The molecule has 0 aliphatic rings. The first-order valence-corrected chi connectivity index (χ1v) is 8.82. The Balaban J connectivity index is 1.80. The van der Waals surface area contributed by atoms with Gasteiger partial charge in [-0.3, -0.25) is 0 Å². The fraction of sp³-hybridized carbons (Fsp3) is 0.176. The van der Waals surface area contributed by atoms with E-state index in [4.69, 9.17) is 23.2 Å². The third kappa shape index (κ3) is 3.55. The van der Waals surface area contributed by atoms with Crippen LogP contribution in [0, 0.1) is 6.92 Å². The normalized spacial score (nSPS) is 11.0. The molecular formula is C17H15Cl2N3S. The van der Waals surface area contributed by atoms with Crippen LogP contribution in [0.4, 0.5) is 0 Å². The minimum absolute atomic E-state index is 0.570. The highest BCUT2D eigenvalue weighted by atomic mass is 35.5. The highest BCUT2D eigenvalue weighted by Crippen LogP contribution is 2.29. The van der Waals surface area contributed by atoms with Crippen molar-refractivity contribution >= 4 is 35.0 Å². The van der Waals surface area contributed by atoms with Gasteiger partial charge in [-0.2, -0.15) is 0 Å². The largest absolute Gasteiger partial charge is 0.305 e. The van der Waals surface area contributed by atoms with Crippen molar-refractivity contribution in [3.05, 3.63) is 63.6 Å². The SMILES string of the molecule is Cc1ccccc1-c1nnc(SCc2ccc(Cl)c(Cl)c2)n1C. The molecule has 0 unspecified atom stereocenters. The second kappa shape index (κ2) is 6.95. The van der Waals surface area contributed by atoms with E-state index in [-0.39, 0.29) is 0 Å². The molecule has 3 rings (SSSR count). The number of aryl methyl sites for hydroxylation is 1. The van der Waals surface area contributed by atoms with Crippen LogP contribution in [0.5, 0.6) is 0 Å². The standard InChI is InChI=1S/C17H15Cl2N3S/c1-11-5-3-4-6-13(11)16-20-21-17(22(16)2)23-10-12-7-8-14(18)15(19)9-12/h3-9H,10H2,1-2H3. The number of rotatable bonds is 4. The van der Waals surface area contributed by atoms with Crippen molar-refractivity contribution in [2.24, 2.45) is 7.05 Å². The van der Waals surface area contributed by atoms with Gasteiger partial charge in [0.25, 0.3) is 0 Å². The monoisotopic (exact) mass is 363 g/mol. The average Bonchev–Trinajstić information content (AvgIpc) is 2.90. The second-order valence-corrected chi connectivity index (χ2v) is 6.97. The summed E-state index contributed by atoms with van der Waals surface area (Å²) in [5.74, 6) is 1.64. The summed E-state index contributed by atoms with van der Waals surface area (Å²) in [4.78, 5) is 0. The number of hydrogen-bond acceptors (Lipinski definition) is 3. The molecule has 0 aliphatic heterocycles. The van der Waals surface area contributed by atoms with Crippen LogP contribution >= 0.6 is 35.0 Å². The summed E-state index contributed by atoms with van der Waals surface area (Å²) < 4.78 is 2.02. The van der Waals surface area contributed by atoms with Gasteiger partial charge in [0.05, 0.1) is 10.0 Å². The van der Waals surface area contributed by atoms with E-state index < -0.39 is 0 Å². The average molecular weight is 364 g/mol. The van der Waals surface area contributed by atoms with Crippen LogP contribution in [-0.2, 0) is 12.8 Å². The molecule has 0 bridgehead atoms. The lowest BCUT2D eigenvalue weighted by Gasteiger charge is -2.06. The van der Waals surface area contributed by atoms with Crippen molar-refractivity contribution in [2.45, 2.75) is 17.8 Å². The van der Waals surface area contributed by atoms with Crippen LogP contribution in [0.3, 0.4) is 0 Å². The Morgan fingerprint density at radius 3 is 2.57 bits per heavy atom. The number of thioether (sulfide) groups is 1. The Kier molecular flexibility index (Phi) is 4.95. The summed E-state index contributed by atoms with van der Waals surface area (Å²) in [5.41, 5.74) is 3.39. The Hall–Kier alpha value is -1.49. The lowest BCUT2D eigenvalue weighted by Crippen LogP contribution is -1.96. The summed E-state index contributed by atoms with van der Waals surface area (Å²) >= 11 is 13.6. The van der Waals surface area contributed by atoms with Gasteiger partial charge < -0.3 is 4.57 Å². The van der Waals surface area contributed by atoms with E-state index >= 15 is 0 Å². The number of hydrogen-bond donors (Lipinski definition) is 0. The van der Waals surface area contributed by atoms with Crippen molar-refractivity contribution < 1.29 is 0 Å². The molecule has 0 radical (unpaired) electrons. The van der Waals surface area contributed by atoms with Gasteiger partial charge in [-0.1, -0.05) is 65.3 Å². The first kappa shape index (κ1) is 16.4. The fourth-order valence-electron chi connectivity index (χ4n) is 2.28. The number of nitrogens with zero attached hydrogens (tertiary/aromatic N) is 3. The number of aromatic nitrogens is 3. The highest BCUT2D eigenvalue weighted by Gasteiger charge is 2.13. The van der Waals surface area contributed by atoms with E-state index in [2.05, 4.69) is 29.3 Å². The van der Waals surface area contributed by atoms with Gasteiger partial charge in [0.15, 0.2) is 11.0 Å². The number of halogens is 2. The van der Waals surface area contributed by atoms with Gasteiger partial charge in [0.1, 0.15) is 0 Å². The molecule has 0 saturated heterocycles. The first-order valence-electron chi connectivity index (χ1n) is 7.08. The molecule has 0 N–H and O–H groups in total. The minimum Gasteiger partial charge on any atom is -0.305 e. The van der Waals surface area contributed by atoms with Crippen molar-refractivity contribution in [3.8, 4) is 11.4 Å². The van der Waals surface area contributed by atoms with Crippen LogP contribution in [0.25, 0.3) is 11.4 Å². The summed E-state index contributed by atoms with van der Waals surface area (Å²) in [7, 11) is 1.99. The molecule has 3 aromatic rings. The molecule has 0 aliphatic carbocycles. The van der Waals surface area contributed by atoms with Crippen LogP contribution < -0.4 is 0 Å². The summed E-state index contributed by atoms with van der Waals surface area (Å²) in [6.45, 7) is 2.08. The van der Waals surface area contributed by atoms with E-state index in [0.717, 1.165) is 27.9 Å². The molecule has 2 aromatic carbocycles. The minimum atomic E-state index is 0.570. The maximum absolute atomic E-state index is 6.05. The van der Waals surface area contributed by atoms with E-state index in [9.17, 15) is 0 Å². The van der Waals surface area contributed by atoms with E-state index in [0.29, 0.717) is 10.0 Å². The zero-order valence-corrected chi connectivity index (χ0v) is 15.1. The van der Waals surface area contributed by atoms with E-state index in [1.807, 2.05) is 41.9 Å². The van der Waals surface area contributed by atoms with Crippen LogP contribution in [-0.4, -0.2) is 14.8 Å². The predicted molar refractivity (Wildman–Crippen MR) is 97.2 cm³/mol. The molecule has 0 amide bonds. The van der Waals surface area contributed by atoms with Crippen molar-refractivity contribution in [1.82, 2.24) is 14.8 Å². The van der Waals surface area contributed by atoms with Crippen molar-refractivity contribution in [3.63, 3.8) is 0 Å². The Morgan fingerprint density at radius 1 is 1.04 bits per heavy atom. The summed E-state index contributed by atoms with van der Waals surface area (Å²) in [6.07, 6.45) is 0. The van der Waals surface area contributed by atoms with Gasteiger partial charge in [-0.05, 0) is 30.2 Å². The molecule has 0 spiro atoms. The zero-order chi connectivity index (χ0) is 16.4. The molecule has 1 heterocycles. The molecule has 6 heteroatoms. The van der Waals surface area contributed by atoms with E-state index in [1.165, 1.54) is 5.56 Å². The molecule has 0 fully saturated rings. The van der Waals surface area contributed by atoms with Crippen molar-refractivity contribution in [1.29, 1.82) is 0 Å². The molecule has 1 aromatic heterocycles. The zero-order valence-electron chi connectivity index (χ0n) is 12.8. The fourth-order valence-corrected chi connectivity index (χ4v) is 3.45. The van der Waals surface area contributed by atoms with Gasteiger partial charge in [0, 0.05) is 18.4 Å². The molecule has 0 atom stereocenters. The Morgan fingerprint density at radius 2 is 1.83 bits per heavy atom. The van der Waals surface area contributed by atoms with Crippen LogP contribution in [0.1, 0.15) is 11.1 Å². The lowest BCUT2D eigenvalue weighted by atomic mass is 10.1. The number of benzene rings is 2. The van der Waals surface area contributed by atoms with E-state index in [1.54, 1.807) is 11.8 Å².